The number of ether oxygens (including phenoxy) is 2. The maximum Gasteiger partial charge on any atom is 0.509 e. The lowest BCUT2D eigenvalue weighted by molar-refractivity contribution is 0.0757. The maximum absolute atomic E-state index is 10.9. The summed E-state index contributed by atoms with van der Waals surface area (Å²) >= 11 is 0. The predicted octanol–water partition coefficient (Wildman–Crippen LogP) is 2.10. The molecule has 0 aromatic heterocycles. The topological polar surface area (TPSA) is 35.5 Å². The van der Waals surface area contributed by atoms with E-state index in [1.165, 1.54) is 25.7 Å². The van der Waals surface area contributed by atoms with Crippen LogP contribution in [0.25, 0.3) is 0 Å². The number of carbonyl (C=O) groups excluding carboxylic acids is 1. The van der Waals surface area contributed by atoms with Gasteiger partial charge in [-0.15, -0.1) is 0 Å². The van der Waals surface area contributed by atoms with E-state index >= 15 is 0 Å². The minimum atomic E-state index is -0.445. The largest absolute Gasteiger partial charge is 0.509 e. The van der Waals surface area contributed by atoms with Crippen molar-refractivity contribution < 1.29 is 14.3 Å². The van der Waals surface area contributed by atoms with Crippen LogP contribution in [0.4, 0.5) is 4.79 Å². The van der Waals surface area contributed by atoms with Crippen molar-refractivity contribution in [1.29, 1.82) is 0 Å². The van der Waals surface area contributed by atoms with Crippen molar-refractivity contribution >= 4 is 6.16 Å². The lowest BCUT2D eigenvalue weighted by Crippen LogP contribution is -2.26. The van der Waals surface area contributed by atoms with Gasteiger partial charge in [-0.1, -0.05) is 12.8 Å². The molecular formula is C10H14O3. The molecule has 4 atom stereocenters. The van der Waals surface area contributed by atoms with Gasteiger partial charge in [0.1, 0.15) is 12.2 Å². The Labute approximate surface area is 77.4 Å². The van der Waals surface area contributed by atoms with Gasteiger partial charge in [0.2, 0.25) is 0 Å². The molecule has 3 nitrogen and oxygen atoms in total. The van der Waals surface area contributed by atoms with E-state index in [9.17, 15) is 4.79 Å². The summed E-state index contributed by atoms with van der Waals surface area (Å²) in [6, 6.07) is 0. The first-order valence-electron chi connectivity index (χ1n) is 5.22. The third kappa shape index (κ3) is 1.06. The van der Waals surface area contributed by atoms with Crippen LogP contribution in [-0.2, 0) is 9.47 Å². The molecule has 0 radical (unpaired) electrons. The molecule has 2 saturated carbocycles. The van der Waals surface area contributed by atoms with Crippen LogP contribution in [0.1, 0.15) is 32.1 Å². The van der Waals surface area contributed by atoms with Crippen molar-refractivity contribution in [3.63, 3.8) is 0 Å². The van der Waals surface area contributed by atoms with Gasteiger partial charge in [0.25, 0.3) is 0 Å². The van der Waals surface area contributed by atoms with Gasteiger partial charge in [0, 0.05) is 5.92 Å². The number of rotatable bonds is 0. The quantitative estimate of drug-likeness (QED) is 0.538. The number of fused-ring (bicyclic) bond motifs is 3. The molecular weight excluding hydrogens is 168 g/mol. The van der Waals surface area contributed by atoms with Crippen molar-refractivity contribution in [3.05, 3.63) is 0 Å². The molecule has 1 saturated heterocycles. The standard InChI is InChI=1S/C10H14O3/c11-10-12-8-5-6-3-1-2-4-7(6)9(8)13-10/h6-9H,1-5H2. The highest BCUT2D eigenvalue weighted by molar-refractivity contribution is 5.62. The fraction of sp³-hybridized carbons (Fsp3) is 0.900. The highest BCUT2D eigenvalue weighted by Gasteiger charge is 2.52. The highest BCUT2D eigenvalue weighted by atomic mass is 16.8. The molecule has 3 aliphatic rings. The molecule has 0 spiro atoms. The van der Waals surface area contributed by atoms with Crippen LogP contribution in [0.3, 0.4) is 0 Å². The van der Waals surface area contributed by atoms with Crippen LogP contribution < -0.4 is 0 Å². The molecule has 2 aliphatic carbocycles. The SMILES string of the molecule is O=C1OC2CC3CCCCC3C2O1. The van der Waals surface area contributed by atoms with Gasteiger partial charge in [-0.05, 0) is 25.2 Å². The smallest absolute Gasteiger partial charge is 0.427 e. The van der Waals surface area contributed by atoms with Crippen molar-refractivity contribution in [2.24, 2.45) is 11.8 Å². The maximum atomic E-state index is 10.9. The van der Waals surface area contributed by atoms with E-state index in [-0.39, 0.29) is 12.2 Å². The first-order chi connectivity index (χ1) is 6.34. The molecule has 1 heterocycles. The van der Waals surface area contributed by atoms with Crippen LogP contribution >= 0.6 is 0 Å². The first-order valence-corrected chi connectivity index (χ1v) is 5.22. The third-order valence-electron chi connectivity index (χ3n) is 3.77. The third-order valence-corrected chi connectivity index (χ3v) is 3.77. The Bertz CT molecular complexity index is 238. The molecule has 3 rings (SSSR count). The van der Waals surface area contributed by atoms with Crippen LogP contribution in [0.15, 0.2) is 0 Å². The summed E-state index contributed by atoms with van der Waals surface area (Å²) in [6.07, 6.45) is 5.94. The van der Waals surface area contributed by atoms with E-state index in [1.807, 2.05) is 0 Å². The van der Waals surface area contributed by atoms with Gasteiger partial charge in [-0.25, -0.2) is 4.79 Å². The van der Waals surface area contributed by atoms with Gasteiger partial charge in [0.05, 0.1) is 0 Å². The van der Waals surface area contributed by atoms with E-state index in [0.29, 0.717) is 5.92 Å². The molecule has 0 amide bonds. The summed E-state index contributed by atoms with van der Waals surface area (Å²) in [7, 11) is 0. The van der Waals surface area contributed by atoms with Crippen LogP contribution in [0, 0.1) is 11.8 Å². The molecule has 0 aromatic rings. The summed E-state index contributed by atoms with van der Waals surface area (Å²) in [5, 5.41) is 0. The fourth-order valence-electron chi connectivity index (χ4n) is 3.21. The zero-order valence-corrected chi connectivity index (χ0v) is 7.57. The number of hydrogen-bond acceptors (Lipinski definition) is 3. The summed E-state index contributed by atoms with van der Waals surface area (Å²) in [6.45, 7) is 0. The molecule has 4 unspecified atom stereocenters. The second-order valence-corrected chi connectivity index (χ2v) is 4.43. The Balaban J connectivity index is 1.80. The van der Waals surface area contributed by atoms with E-state index in [2.05, 4.69) is 0 Å². The van der Waals surface area contributed by atoms with E-state index in [4.69, 9.17) is 9.47 Å². The Hall–Kier alpha value is -0.730. The zero-order chi connectivity index (χ0) is 8.84. The Morgan fingerprint density at radius 1 is 1.15 bits per heavy atom. The van der Waals surface area contributed by atoms with Crippen molar-refractivity contribution in [2.75, 3.05) is 0 Å². The molecule has 72 valence electrons. The summed E-state index contributed by atoms with van der Waals surface area (Å²) < 4.78 is 10.3. The average molecular weight is 182 g/mol. The molecule has 0 bridgehead atoms. The van der Waals surface area contributed by atoms with Crippen molar-refractivity contribution in [2.45, 2.75) is 44.3 Å². The van der Waals surface area contributed by atoms with Gasteiger partial charge < -0.3 is 9.47 Å². The van der Waals surface area contributed by atoms with Crippen LogP contribution in [0.5, 0.6) is 0 Å². The Morgan fingerprint density at radius 3 is 2.92 bits per heavy atom. The van der Waals surface area contributed by atoms with Crippen molar-refractivity contribution in [1.82, 2.24) is 0 Å². The Morgan fingerprint density at radius 2 is 2.00 bits per heavy atom. The first kappa shape index (κ1) is 7.65. The Kier molecular flexibility index (Phi) is 1.55. The van der Waals surface area contributed by atoms with Gasteiger partial charge in [-0.2, -0.15) is 0 Å². The summed E-state index contributed by atoms with van der Waals surface area (Å²) in [5.74, 6) is 1.36. The molecule has 3 fully saturated rings. The molecule has 13 heavy (non-hydrogen) atoms. The zero-order valence-electron chi connectivity index (χ0n) is 7.57. The summed E-state index contributed by atoms with van der Waals surface area (Å²) in [5.41, 5.74) is 0. The lowest BCUT2D eigenvalue weighted by atomic mass is 9.81. The molecule has 0 N–H and O–H groups in total. The van der Waals surface area contributed by atoms with Gasteiger partial charge in [-0.3, -0.25) is 0 Å². The van der Waals surface area contributed by atoms with E-state index in [1.54, 1.807) is 0 Å². The monoisotopic (exact) mass is 182 g/mol. The average Bonchev–Trinajstić information content (AvgIpc) is 2.60. The summed E-state index contributed by atoms with van der Waals surface area (Å²) in [4.78, 5) is 10.9. The lowest BCUT2D eigenvalue weighted by Gasteiger charge is -2.26. The minimum absolute atomic E-state index is 0.0839. The van der Waals surface area contributed by atoms with Gasteiger partial charge in [0.15, 0.2) is 0 Å². The van der Waals surface area contributed by atoms with E-state index in [0.717, 1.165) is 12.3 Å². The van der Waals surface area contributed by atoms with Gasteiger partial charge >= 0.3 is 6.16 Å². The number of carbonyl (C=O) groups is 1. The molecule has 0 aromatic carbocycles. The molecule has 1 aliphatic heterocycles. The number of hydrogen-bond donors (Lipinski definition) is 0. The van der Waals surface area contributed by atoms with Crippen LogP contribution in [0.2, 0.25) is 0 Å². The highest BCUT2D eigenvalue weighted by Crippen LogP contribution is 2.47. The van der Waals surface area contributed by atoms with Crippen LogP contribution in [-0.4, -0.2) is 18.4 Å². The fourth-order valence-corrected chi connectivity index (χ4v) is 3.21. The molecule has 3 heteroatoms. The normalized spacial score (nSPS) is 47.8. The predicted molar refractivity (Wildman–Crippen MR) is 45.2 cm³/mol. The minimum Gasteiger partial charge on any atom is -0.427 e. The van der Waals surface area contributed by atoms with E-state index < -0.39 is 6.16 Å². The van der Waals surface area contributed by atoms with Crippen molar-refractivity contribution in [3.8, 4) is 0 Å². The second kappa shape index (κ2) is 2.63. The second-order valence-electron chi connectivity index (χ2n) is 4.43.